The van der Waals surface area contributed by atoms with Gasteiger partial charge in [0.1, 0.15) is 6.07 Å². The zero-order valence-electron chi connectivity index (χ0n) is 27.6. The van der Waals surface area contributed by atoms with Crippen molar-refractivity contribution in [2.75, 3.05) is 0 Å². The predicted octanol–water partition coefficient (Wildman–Crippen LogP) is 11.4. The van der Waals surface area contributed by atoms with Crippen LogP contribution in [0, 0.1) is 29.6 Å². The molecule has 49 heavy (non-hydrogen) atoms. The van der Waals surface area contributed by atoms with Crippen LogP contribution in [0.5, 0.6) is 0 Å². The third kappa shape index (κ3) is 4.89. The van der Waals surface area contributed by atoms with E-state index in [0.29, 0.717) is 5.56 Å². The first-order valence-corrected chi connectivity index (χ1v) is 16.9. The Kier molecular flexibility index (Phi) is 7.56. The third-order valence-corrected chi connectivity index (χ3v) is 9.81. The first kappa shape index (κ1) is 30.0. The van der Waals surface area contributed by atoms with Crippen LogP contribution in [0.1, 0.15) is 47.8 Å². The first-order valence-electron chi connectivity index (χ1n) is 16.9. The van der Waals surface area contributed by atoms with Gasteiger partial charge in [0.2, 0.25) is 0 Å². The molecule has 234 valence electrons. The number of hydrogen-bond donors (Lipinski definition) is 0. The molecule has 8 rings (SSSR count). The number of benzene rings is 5. The quantitative estimate of drug-likeness (QED) is 0.184. The van der Waals surface area contributed by atoms with Crippen molar-refractivity contribution in [3.63, 3.8) is 0 Å². The van der Waals surface area contributed by atoms with E-state index in [0.717, 1.165) is 86.1 Å². The molecule has 0 saturated heterocycles. The van der Waals surface area contributed by atoms with E-state index in [1.54, 1.807) is 0 Å². The molecule has 0 radical (unpaired) electrons. The summed E-state index contributed by atoms with van der Waals surface area (Å²) in [5.41, 5.74) is 14.5. The molecule has 4 nitrogen and oxygen atoms in total. The number of fused-ring (bicyclic) bond motifs is 4. The highest BCUT2D eigenvalue weighted by atomic mass is 15.0. The summed E-state index contributed by atoms with van der Waals surface area (Å²) in [7, 11) is 0. The molecule has 0 amide bonds. The fraction of sp³-hybridized carbons (Fsp3) is 0.111. The lowest BCUT2D eigenvalue weighted by Crippen LogP contribution is -2.06. The molecule has 0 fully saturated rings. The number of aromatic nitrogens is 2. The van der Waals surface area contributed by atoms with E-state index in [1.807, 2.05) is 12.1 Å². The Bertz CT molecular complexity index is 2560. The lowest BCUT2D eigenvalue weighted by atomic mass is 9.94. The predicted molar refractivity (Wildman–Crippen MR) is 202 cm³/mol. The number of para-hydroxylation sites is 3. The van der Waals surface area contributed by atoms with Crippen LogP contribution in [0.2, 0.25) is 0 Å². The van der Waals surface area contributed by atoms with Crippen molar-refractivity contribution >= 4 is 33.5 Å². The molecule has 0 N–H and O–H groups in total. The van der Waals surface area contributed by atoms with Crippen LogP contribution in [0.25, 0.3) is 67.1 Å². The summed E-state index contributed by atoms with van der Waals surface area (Å²) < 4.78 is 4.59. The van der Waals surface area contributed by atoms with E-state index in [1.165, 1.54) is 16.6 Å². The van der Waals surface area contributed by atoms with Crippen LogP contribution in [-0.2, 0) is 6.42 Å². The topological polar surface area (TPSA) is 57.4 Å². The van der Waals surface area contributed by atoms with Crippen LogP contribution < -0.4 is 0 Å². The van der Waals surface area contributed by atoms with Gasteiger partial charge >= 0.3 is 0 Å². The van der Waals surface area contributed by atoms with Crippen molar-refractivity contribution in [1.82, 2.24) is 9.13 Å². The van der Waals surface area contributed by atoms with Gasteiger partial charge in [-0.1, -0.05) is 104 Å². The number of nitrogens with zero attached hydrogens (tertiary/aromatic N) is 4. The lowest BCUT2D eigenvalue weighted by molar-refractivity contribution is 0.886. The third-order valence-electron chi connectivity index (χ3n) is 9.81. The van der Waals surface area contributed by atoms with Gasteiger partial charge in [-0.2, -0.15) is 10.5 Å². The molecule has 0 saturated carbocycles. The van der Waals surface area contributed by atoms with Crippen molar-refractivity contribution in [2.45, 2.75) is 33.1 Å². The van der Waals surface area contributed by atoms with Gasteiger partial charge in [-0.25, -0.2) is 0 Å². The van der Waals surface area contributed by atoms with Gasteiger partial charge < -0.3 is 9.13 Å². The minimum absolute atomic E-state index is 0.637. The largest absolute Gasteiger partial charge is 0.312 e. The molecule has 7 aromatic rings. The molecule has 0 aliphatic heterocycles. The standard InChI is InChI=1S/C45H34N4/c1-3-4-16-39-30(2)36-13-5-8-17-40(36)48(39)44-27-33(25-26-34(44)28-46)31-21-23-32(24-22-31)37-14-6-9-18-41(37)49-42-19-10-7-15-38(42)45-35(29-47)12-11-20-43(45)49/h4-10,12-19,21-27H,3,11,20H2,1-2H3/b16-4-. The SMILES string of the molecule is CC/C=C\c1c(C)c2ccccc2n1-c1cc(-c2ccc(-c3ccccc3-n3c4c(c5ccccc53)C(C#N)=CCC4)cc2)ccc1C#N. The maximum Gasteiger partial charge on any atom is 0.101 e. The number of rotatable bonds is 6. The molecular weight excluding hydrogens is 597 g/mol. The van der Waals surface area contributed by atoms with E-state index in [4.69, 9.17) is 0 Å². The molecule has 0 spiro atoms. The lowest BCUT2D eigenvalue weighted by Gasteiger charge is -2.18. The molecule has 2 aromatic heterocycles. The molecule has 1 aliphatic rings. The summed E-state index contributed by atoms with van der Waals surface area (Å²) in [6.07, 6.45) is 9.09. The van der Waals surface area contributed by atoms with Crippen LogP contribution in [0.4, 0.5) is 0 Å². The van der Waals surface area contributed by atoms with E-state index in [2.05, 4.69) is 156 Å². The molecule has 5 aromatic carbocycles. The normalized spacial score (nSPS) is 12.6. The van der Waals surface area contributed by atoms with Crippen LogP contribution in [0.15, 0.2) is 127 Å². The Morgan fingerprint density at radius 3 is 2.12 bits per heavy atom. The van der Waals surface area contributed by atoms with E-state index < -0.39 is 0 Å². The second-order valence-corrected chi connectivity index (χ2v) is 12.6. The van der Waals surface area contributed by atoms with Crippen LogP contribution in [-0.4, -0.2) is 9.13 Å². The van der Waals surface area contributed by atoms with Crippen molar-refractivity contribution < 1.29 is 0 Å². The molecule has 0 bridgehead atoms. The fourth-order valence-corrected chi connectivity index (χ4v) is 7.52. The average Bonchev–Trinajstić information content (AvgIpc) is 3.65. The number of allylic oxidation sites excluding steroid dienone is 3. The monoisotopic (exact) mass is 630 g/mol. The molecular formula is C45H34N4. The van der Waals surface area contributed by atoms with Gasteiger partial charge in [0, 0.05) is 33.3 Å². The summed E-state index contributed by atoms with van der Waals surface area (Å²) in [5, 5.41) is 22.5. The Morgan fingerprint density at radius 1 is 0.694 bits per heavy atom. The van der Waals surface area contributed by atoms with Gasteiger partial charge in [-0.15, -0.1) is 0 Å². The second-order valence-electron chi connectivity index (χ2n) is 12.6. The average molecular weight is 631 g/mol. The highest BCUT2D eigenvalue weighted by Crippen LogP contribution is 2.40. The van der Waals surface area contributed by atoms with Gasteiger partial charge in [0.25, 0.3) is 0 Å². The summed E-state index contributed by atoms with van der Waals surface area (Å²) in [4.78, 5) is 0. The summed E-state index contributed by atoms with van der Waals surface area (Å²) >= 11 is 0. The zero-order chi connectivity index (χ0) is 33.5. The molecule has 2 heterocycles. The minimum Gasteiger partial charge on any atom is -0.312 e. The van der Waals surface area contributed by atoms with Gasteiger partial charge in [-0.05, 0) is 84.8 Å². The molecule has 0 atom stereocenters. The summed E-state index contributed by atoms with van der Waals surface area (Å²) in [6.45, 7) is 4.30. The van der Waals surface area contributed by atoms with Crippen molar-refractivity contribution in [3.8, 4) is 45.8 Å². The van der Waals surface area contributed by atoms with Crippen molar-refractivity contribution in [3.05, 3.63) is 155 Å². The summed E-state index contributed by atoms with van der Waals surface area (Å²) in [5.74, 6) is 0. The number of hydrogen-bond acceptors (Lipinski definition) is 2. The van der Waals surface area contributed by atoms with Crippen molar-refractivity contribution in [2.24, 2.45) is 0 Å². The fourth-order valence-electron chi connectivity index (χ4n) is 7.52. The zero-order valence-corrected chi connectivity index (χ0v) is 27.6. The van der Waals surface area contributed by atoms with Crippen molar-refractivity contribution in [1.29, 1.82) is 10.5 Å². The van der Waals surface area contributed by atoms with Gasteiger partial charge in [-0.3, -0.25) is 0 Å². The Labute approximate surface area is 286 Å². The Hall–Kier alpha value is -6.36. The van der Waals surface area contributed by atoms with E-state index in [-0.39, 0.29) is 0 Å². The number of nitriles is 2. The number of aryl methyl sites for hydroxylation is 1. The maximum atomic E-state index is 10.2. The molecule has 0 unspecified atom stereocenters. The molecule has 1 aliphatic carbocycles. The van der Waals surface area contributed by atoms with Crippen LogP contribution >= 0.6 is 0 Å². The van der Waals surface area contributed by atoms with Crippen LogP contribution in [0.3, 0.4) is 0 Å². The highest BCUT2D eigenvalue weighted by Gasteiger charge is 2.24. The Morgan fingerprint density at radius 2 is 1.37 bits per heavy atom. The maximum absolute atomic E-state index is 10.2. The highest BCUT2D eigenvalue weighted by molar-refractivity contribution is 6.00. The molecule has 4 heteroatoms. The first-order chi connectivity index (χ1) is 24.1. The van der Waals surface area contributed by atoms with E-state index >= 15 is 0 Å². The minimum atomic E-state index is 0.637. The van der Waals surface area contributed by atoms with E-state index in [9.17, 15) is 10.5 Å². The summed E-state index contributed by atoms with van der Waals surface area (Å²) in [6, 6.07) is 45.1. The Balaban J connectivity index is 1.24. The smallest absolute Gasteiger partial charge is 0.101 e. The van der Waals surface area contributed by atoms with Gasteiger partial charge in [0.15, 0.2) is 0 Å². The van der Waals surface area contributed by atoms with Gasteiger partial charge in [0.05, 0.1) is 39.6 Å². The second kappa shape index (κ2) is 12.3.